The molecule has 0 aliphatic carbocycles. The summed E-state index contributed by atoms with van der Waals surface area (Å²) in [5.74, 6) is -1.20. The summed E-state index contributed by atoms with van der Waals surface area (Å²) >= 11 is 0. The molecule has 3 N–H and O–H groups in total. The van der Waals surface area contributed by atoms with Crippen molar-refractivity contribution < 1.29 is 19.1 Å². The minimum atomic E-state index is -1.36. The summed E-state index contributed by atoms with van der Waals surface area (Å²) in [4.78, 5) is 23.1. The number of rotatable bonds is 3. The van der Waals surface area contributed by atoms with Crippen molar-refractivity contribution in [2.45, 2.75) is 38.8 Å². The van der Waals surface area contributed by atoms with E-state index in [1.165, 1.54) is 13.2 Å². The Morgan fingerprint density at radius 1 is 1.26 bits per heavy atom. The summed E-state index contributed by atoms with van der Waals surface area (Å²) in [6.07, 6.45) is 1.43. The molecule has 1 atom stereocenters. The van der Waals surface area contributed by atoms with E-state index in [0.717, 1.165) is 0 Å². The zero-order chi connectivity index (χ0) is 14.7. The van der Waals surface area contributed by atoms with Crippen LogP contribution in [0.4, 0.5) is 0 Å². The van der Waals surface area contributed by atoms with E-state index in [4.69, 9.17) is 4.42 Å². The van der Waals surface area contributed by atoms with Crippen LogP contribution in [-0.4, -0.2) is 29.0 Å². The molecule has 0 radical (unpaired) electrons. The molecule has 0 saturated heterocycles. The molecule has 2 amide bonds. The van der Waals surface area contributed by atoms with Gasteiger partial charge in [-0.3, -0.25) is 9.59 Å². The number of nitrogens with one attached hydrogen (secondary N) is 2. The minimum absolute atomic E-state index is 0.114. The van der Waals surface area contributed by atoms with Gasteiger partial charge in [0.15, 0.2) is 0 Å². The quantitative estimate of drug-likeness (QED) is 0.697. The summed E-state index contributed by atoms with van der Waals surface area (Å²) in [6.45, 7) is 6.70. The lowest BCUT2D eigenvalue weighted by atomic mass is 10.0. The van der Waals surface area contributed by atoms with Gasteiger partial charge in [-0.2, -0.15) is 0 Å². The molecule has 1 rings (SSSR count). The predicted molar refractivity (Wildman–Crippen MR) is 69.2 cm³/mol. The van der Waals surface area contributed by atoms with Gasteiger partial charge in [0.05, 0.1) is 12.8 Å². The summed E-state index contributed by atoms with van der Waals surface area (Å²) in [5, 5.41) is 15.0. The van der Waals surface area contributed by atoms with Gasteiger partial charge in [-0.1, -0.05) is 0 Å². The smallest absolute Gasteiger partial charge is 0.309 e. The second-order valence-electron chi connectivity index (χ2n) is 5.64. The van der Waals surface area contributed by atoms with Gasteiger partial charge in [0, 0.05) is 5.54 Å². The highest BCUT2D eigenvalue weighted by molar-refractivity contribution is 6.35. The number of furan rings is 1. The first-order valence-electron chi connectivity index (χ1n) is 5.98. The van der Waals surface area contributed by atoms with E-state index in [2.05, 4.69) is 10.6 Å². The van der Waals surface area contributed by atoms with Crippen molar-refractivity contribution in [2.75, 3.05) is 6.54 Å². The number of carbonyl (C=O) groups excluding carboxylic acids is 2. The van der Waals surface area contributed by atoms with Gasteiger partial charge in [0.1, 0.15) is 11.4 Å². The number of hydrogen-bond acceptors (Lipinski definition) is 4. The monoisotopic (exact) mass is 268 g/mol. The number of aliphatic hydroxyl groups is 1. The Morgan fingerprint density at radius 3 is 2.37 bits per heavy atom. The Hall–Kier alpha value is -1.82. The first-order chi connectivity index (χ1) is 8.62. The van der Waals surface area contributed by atoms with Crippen molar-refractivity contribution in [2.24, 2.45) is 0 Å². The van der Waals surface area contributed by atoms with Crippen molar-refractivity contribution in [1.29, 1.82) is 0 Å². The molecule has 1 aromatic rings. The molecular formula is C13H20N2O4. The van der Waals surface area contributed by atoms with Gasteiger partial charge in [0.2, 0.25) is 0 Å². The topological polar surface area (TPSA) is 91.6 Å². The van der Waals surface area contributed by atoms with E-state index in [9.17, 15) is 14.7 Å². The average molecular weight is 268 g/mol. The van der Waals surface area contributed by atoms with E-state index in [1.54, 1.807) is 32.9 Å². The normalized spacial score (nSPS) is 14.6. The fraction of sp³-hybridized carbons (Fsp3) is 0.538. The molecule has 0 saturated carbocycles. The fourth-order valence-corrected chi connectivity index (χ4v) is 1.40. The van der Waals surface area contributed by atoms with Gasteiger partial charge in [0.25, 0.3) is 0 Å². The predicted octanol–water partition coefficient (Wildman–Crippen LogP) is 0.518. The van der Waals surface area contributed by atoms with Crippen LogP contribution in [0.5, 0.6) is 0 Å². The third-order valence-corrected chi connectivity index (χ3v) is 2.34. The standard InChI is InChI=1S/C13H20N2O4/c1-12(2,3)15-11(17)10(16)14-8-13(4,18)9-6-5-7-19-9/h5-7,18H,8H2,1-4H3,(H,14,16)(H,15,17). The van der Waals surface area contributed by atoms with Crippen LogP contribution in [0, 0.1) is 0 Å². The van der Waals surface area contributed by atoms with Crippen molar-refractivity contribution in [1.82, 2.24) is 10.6 Å². The highest BCUT2D eigenvalue weighted by atomic mass is 16.4. The van der Waals surface area contributed by atoms with Crippen LogP contribution in [0.15, 0.2) is 22.8 Å². The van der Waals surface area contributed by atoms with Gasteiger partial charge < -0.3 is 20.2 Å². The Bertz CT molecular complexity index is 444. The largest absolute Gasteiger partial charge is 0.466 e. The van der Waals surface area contributed by atoms with Gasteiger partial charge in [-0.15, -0.1) is 0 Å². The van der Waals surface area contributed by atoms with E-state index in [-0.39, 0.29) is 6.54 Å². The molecular weight excluding hydrogens is 248 g/mol. The molecule has 6 heteroatoms. The molecule has 0 aromatic carbocycles. The highest BCUT2D eigenvalue weighted by Crippen LogP contribution is 2.19. The van der Waals surface area contributed by atoms with Crippen molar-refractivity contribution in [3.63, 3.8) is 0 Å². The van der Waals surface area contributed by atoms with Crippen LogP contribution in [0.25, 0.3) is 0 Å². The zero-order valence-electron chi connectivity index (χ0n) is 11.6. The lowest BCUT2D eigenvalue weighted by Gasteiger charge is -2.23. The molecule has 0 aliphatic heterocycles. The molecule has 0 aliphatic rings. The minimum Gasteiger partial charge on any atom is -0.466 e. The lowest BCUT2D eigenvalue weighted by molar-refractivity contribution is -0.140. The maximum Gasteiger partial charge on any atom is 0.309 e. The second kappa shape index (κ2) is 5.44. The fourth-order valence-electron chi connectivity index (χ4n) is 1.40. The van der Waals surface area contributed by atoms with Crippen LogP contribution >= 0.6 is 0 Å². The van der Waals surface area contributed by atoms with E-state index in [1.807, 2.05) is 0 Å². The van der Waals surface area contributed by atoms with Crippen molar-refractivity contribution in [3.05, 3.63) is 24.2 Å². The summed E-state index contributed by atoms with van der Waals surface area (Å²) in [5.41, 5.74) is -1.85. The maximum atomic E-state index is 11.6. The number of amides is 2. The maximum absolute atomic E-state index is 11.6. The Morgan fingerprint density at radius 2 is 1.89 bits per heavy atom. The average Bonchev–Trinajstić information content (AvgIpc) is 2.77. The summed E-state index contributed by atoms with van der Waals surface area (Å²) in [6, 6.07) is 3.24. The summed E-state index contributed by atoms with van der Waals surface area (Å²) in [7, 11) is 0. The molecule has 106 valence electrons. The molecule has 6 nitrogen and oxygen atoms in total. The Balaban J connectivity index is 2.53. The molecule has 0 bridgehead atoms. The molecule has 1 aromatic heterocycles. The van der Waals surface area contributed by atoms with Gasteiger partial charge >= 0.3 is 11.8 Å². The van der Waals surface area contributed by atoms with Crippen LogP contribution in [0.2, 0.25) is 0 Å². The van der Waals surface area contributed by atoms with Crippen LogP contribution < -0.4 is 10.6 Å². The number of carbonyl (C=O) groups is 2. The van der Waals surface area contributed by atoms with Crippen molar-refractivity contribution in [3.8, 4) is 0 Å². The third kappa shape index (κ3) is 4.75. The third-order valence-electron chi connectivity index (χ3n) is 2.34. The van der Waals surface area contributed by atoms with Crippen LogP contribution in [-0.2, 0) is 15.2 Å². The molecule has 0 spiro atoms. The second-order valence-corrected chi connectivity index (χ2v) is 5.64. The molecule has 1 unspecified atom stereocenters. The first-order valence-corrected chi connectivity index (χ1v) is 5.98. The van der Waals surface area contributed by atoms with Crippen LogP contribution in [0.1, 0.15) is 33.5 Å². The van der Waals surface area contributed by atoms with Crippen molar-refractivity contribution >= 4 is 11.8 Å². The van der Waals surface area contributed by atoms with E-state index in [0.29, 0.717) is 5.76 Å². The van der Waals surface area contributed by atoms with E-state index >= 15 is 0 Å². The van der Waals surface area contributed by atoms with Gasteiger partial charge in [-0.05, 0) is 39.8 Å². The summed E-state index contributed by atoms with van der Waals surface area (Å²) < 4.78 is 5.07. The molecule has 0 fully saturated rings. The van der Waals surface area contributed by atoms with E-state index < -0.39 is 23.0 Å². The molecule has 1 heterocycles. The van der Waals surface area contributed by atoms with Crippen LogP contribution in [0.3, 0.4) is 0 Å². The SMILES string of the molecule is CC(C)(C)NC(=O)C(=O)NCC(C)(O)c1ccco1. The van der Waals surface area contributed by atoms with Gasteiger partial charge in [-0.25, -0.2) is 0 Å². The zero-order valence-corrected chi connectivity index (χ0v) is 11.6. The lowest BCUT2D eigenvalue weighted by Crippen LogP contribution is -2.50. The Kier molecular flexibility index (Phi) is 4.36. The highest BCUT2D eigenvalue weighted by Gasteiger charge is 2.28. The first kappa shape index (κ1) is 15.2. The number of hydrogen-bond donors (Lipinski definition) is 3. The molecule has 19 heavy (non-hydrogen) atoms. The Labute approximate surface area is 112 Å².